The van der Waals surface area contributed by atoms with Crippen molar-refractivity contribution in [2.45, 2.75) is 57.3 Å². The molecule has 0 amide bonds. The summed E-state index contributed by atoms with van der Waals surface area (Å²) in [6.07, 6.45) is 0.118. The monoisotopic (exact) mass is 519 g/mol. The van der Waals surface area contributed by atoms with Gasteiger partial charge in [-0.05, 0) is 74.4 Å². The Hall–Kier alpha value is -2.85. The third-order valence-electron chi connectivity index (χ3n) is 6.94. The topological polar surface area (TPSA) is 73.2 Å². The first-order valence-corrected chi connectivity index (χ1v) is 13.8. The SMILES string of the molecule is CCn1nc(-c2cccc(C3(NS(=O)(=O)CC4CCC4)CC3)c2)cc1Oc1ccc(C(F)(F)F)cc1. The van der Waals surface area contributed by atoms with Crippen LogP contribution in [0, 0.1) is 5.92 Å². The molecule has 0 aliphatic heterocycles. The van der Waals surface area contributed by atoms with E-state index in [-0.39, 0.29) is 17.4 Å². The molecule has 1 aromatic heterocycles. The molecule has 0 spiro atoms. The maximum absolute atomic E-state index is 12.8. The molecule has 1 heterocycles. The fourth-order valence-electron chi connectivity index (χ4n) is 4.54. The smallest absolute Gasteiger partial charge is 0.416 e. The predicted octanol–water partition coefficient (Wildman–Crippen LogP) is 6.09. The van der Waals surface area contributed by atoms with Crippen LogP contribution in [0.15, 0.2) is 54.6 Å². The zero-order valence-electron chi connectivity index (χ0n) is 19.9. The molecule has 1 N–H and O–H groups in total. The number of halogens is 3. The lowest BCUT2D eigenvalue weighted by Crippen LogP contribution is -2.39. The Morgan fingerprint density at radius 3 is 2.42 bits per heavy atom. The summed E-state index contributed by atoms with van der Waals surface area (Å²) >= 11 is 0. The van der Waals surface area contributed by atoms with Crippen molar-refractivity contribution in [1.82, 2.24) is 14.5 Å². The summed E-state index contributed by atoms with van der Waals surface area (Å²) in [7, 11) is -3.38. The summed E-state index contributed by atoms with van der Waals surface area (Å²) in [6, 6.07) is 13.9. The highest BCUT2D eigenvalue weighted by atomic mass is 32.2. The van der Waals surface area contributed by atoms with Gasteiger partial charge in [-0.1, -0.05) is 24.6 Å². The highest BCUT2D eigenvalue weighted by Gasteiger charge is 2.47. The van der Waals surface area contributed by atoms with E-state index < -0.39 is 27.3 Å². The molecule has 6 nitrogen and oxygen atoms in total. The Bertz CT molecular complexity index is 1340. The van der Waals surface area contributed by atoms with E-state index in [2.05, 4.69) is 9.82 Å². The van der Waals surface area contributed by atoms with Gasteiger partial charge in [0, 0.05) is 18.2 Å². The molecule has 2 aliphatic rings. The number of hydrogen-bond donors (Lipinski definition) is 1. The first-order valence-electron chi connectivity index (χ1n) is 12.1. The predicted molar refractivity (Wildman–Crippen MR) is 130 cm³/mol. The third-order valence-corrected chi connectivity index (χ3v) is 8.55. The third kappa shape index (κ3) is 5.29. The van der Waals surface area contributed by atoms with Crippen molar-refractivity contribution in [2.75, 3.05) is 5.75 Å². The minimum atomic E-state index is -4.41. The molecule has 36 heavy (non-hydrogen) atoms. The van der Waals surface area contributed by atoms with Gasteiger partial charge in [0.15, 0.2) is 0 Å². The van der Waals surface area contributed by atoms with Crippen molar-refractivity contribution in [3.05, 3.63) is 65.7 Å². The van der Waals surface area contributed by atoms with Gasteiger partial charge in [-0.15, -0.1) is 0 Å². The highest BCUT2D eigenvalue weighted by Crippen LogP contribution is 2.47. The van der Waals surface area contributed by atoms with Gasteiger partial charge in [0.25, 0.3) is 0 Å². The normalized spacial score (nSPS) is 17.6. The van der Waals surface area contributed by atoms with Gasteiger partial charge in [0.2, 0.25) is 15.9 Å². The number of nitrogens with one attached hydrogen (secondary N) is 1. The molecule has 2 aromatic carbocycles. The molecular weight excluding hydrogens is 491 g/mol. The number of nitrogens with zero attached hydrogens (tertiary/aromatic N) is 2. The molecule has 0 bridgehead atoms. The van der Waals surface area contributed by atoms with Crippen LogP contribution in [-0.2, 0) is 28.3 Å². The molecule has 0 radical (unpaired) electrons. The second kappa shape index (κ2) is 9.23. The first-order chi connectivity index (χ1) is 17.1. The number of alkyl halides is 3. The van der Waals surface area contributed by atoms with Crippen LogP contribution in [-0.4, -0.2) is 24.0 Å². The fraction of sp³-hybridized carbons (Fsp3) is 0.423. The second-order valence-corrected chi connectivity index (χ2v) is 11.4. The zero-order chi connectivity index (χ0) is 25.6. The van der Waals surface area contributed by atoms with Crippen LogP contribution in [0.5, 0.6) is 11.6 Å². The van der Waals surface area contributed by atoms with Crippen molar-refractivity contribution in [3.63, 3.8) is 0 Å². The minimum absolute atomic E-state index is 0.181. The maximum Gasteiger partial charge on any atom is 0.416 e. The molecular formula is C26H28F3N3O3S. The van der Waals surface area contributed by atoms with E-state index in [1.54, 1.807) is 10.7 Å². The molecule has 2 fully saturated rings. The summed E-state index contributed by atoms with van der Waals surface area (Å²) in [5.41, 5.74) is 1.02. The number of aryl methyl sites for hydroxylation is 1. The lowest BCUT2D eigenvalue weighted by molar-refractivity contribution is -0.137. The number of benzene rings is 2. The number of sulfonamides is 1. The van der Waals surface area contributed by atoms with E-state index in [0.717, 1.165) is 55.4 Å². The first kappa shape index (κ1) is 24.8. The van der Waals surface area contributed by atoms with E-state index in [9.17, 15) is 21.6 Å². The number of rotatable bonds is 9. The van der Waals surface area contributed by atoms with Crippen molar-refractivity contribution in [3.8, 4) is 22.9 Å². The Morgan fingerprint density at radius 2 is 1.83 bits per heavy atom. The van der Waals surface area contributed by atoms with Crippen molar-refractivity contribution in [2.24, 2.45) is 5.92 Å². The van der Waals surface area contributed by atoms with Crippen LogP contribution in [0.2, 0.25) is 0 Å². The lowest BCUT2D eigenvalue weighted by atomic mass is 9.87. The molecule has 10 heteroatoms. The highest BCUT2D eigenvalue weighted by molar-refractivity contribution is 7.89. The van der Waals surface area contributed by atoms with Crippen LogP contribution >= 0.6 is 0 Å². The summed E-state index contributed by atoms with van der Waals surface area (Å²) in [4.78, 5) is 0. The van der Waals surface area contributed by atoms with Gasteiger partial charge in [-0.2, -0.15) is 18.3 Å². The Kier molecular flexibility index (Phi) is 6.36. The average molecular weight is 520 g/mol. The summed E-state index contributed by atoms with van der Waals surface area (Å²) in [5, 5.41) is 4.60. The van der Waals surface area contributed by atoms with Gasteiger partial charge in [0.1, 0.15) is 5.75 Å². The molecule has 0 unspecified atom stereocenters. The van der Waals surface area contributed by atoms with Crippen molar-refractivity contribution < 1.29 is 26.3 Å². The van der Waals surface area contributed by atoms with E-state index in [1.807, 2.05) is 31.2 Å². The number of ether oxygens (including phenoxy) is 1. The van der Waals surface area contributed by atoms with E-state index in [0.29, 0.717) is 18.1 Å². The number of aromatic nitrogens is 2. The van der Waals surface area contributed by atoms with Crippen LogP contribution in [0.1, 0.15) is 50.2 Å². The average Bonchev–Trinajstić information content (AvgIpc) is 3.46. The molecule has 2 saturated carbocycles. The van der Waals surface area contributed by atoms with Crippen LogP contribution in [0.4, 0.5) is 13.2 Å². The molecule has 0 saturated heterocycles. The molecule has 192 valence electrons. The zero-order valence-corrected chi connectivity index (χ0v) is 20.7. The number of hydrogen-bond acceptors (Lipinski definition) is 4. The largest absolute Gasteiger partial charge is 0.439 e. The van der Waals surface area contributed by atoms with E-state index in [1.165, 1.54) is 12.1 Å². The Balaban J connectivity index is 1.35. The quantitative estimate of drug-likeness (QED) is 0.371. The second-order valence-electron chi connectivity index (χ2n) is 9.65. The summed E-state index contributed by atoms with van der Waals surface area (Å²) in [6.45, 7) is 2.39. The van der Waals surface area contributed by atoms with Gasteiger partial charge in [0.05, 0.1) is 22.5 Å². The van der Waals surface area contributed by atoms with Gasteiger partial charge < -0.3 is 4.74 Å². The van der Waals surface area contributed by atoms with Gasteiger partial charge >= 0.3 is 6.18 Å². The lowest BCUT2D eigenvalue weighted by Gasteiger charge is -2.26. The summed E-state index contributed by atoms with van der Waals surface area (Å²) in [5.74, 6) is 1.11. The van der Waals surface area contributed by atoms with Crippen molar-refractivity contribution >= 4 is 10.0 Å². The molecule has 3 aromatic rings. The van der Waals surface area contributed by atoms with Crippen molar-refractivity contribution in [1.29, 1.82) is 0 Å². The maximum atomic E-state index is 12.8. The van der Waals surface area contributed by atoms with Gasteiger partial charge in [-0.25, -0.2) is 17.8 Å². The molecule has 5 rings (SSSR count). The fourth-order valence-corrected chi connectivity index (χ4v) is 6.50. The minimum Gasteiger partial charge on any atom is -0.439 e. The summed E-state index contributed by atoms with van der Waals surface area (Å²) < 4.78 is 74.5. The Morgan fingerprint density at radius 1 is 1.11 bits per heavy atom. The van der Waals surface area contributed by atoms with E-state index in [4.69, 9.17) is 4.74 Å². The van der Waals surface area contributed by atoms with Crippen LogP contribution < -0.4 is 9.46 Å². The van der Waals surface area contributed by atoms with Crippen LogP contribution in [0.3, 0.4) is 0 Å². The van der Waals surface area contributed by atoms with E-state index >= 15 is 0 Å². The van der Waals surface area contributed by atoms with Gasteiger partial charge in [-0.3, -0.25) is 0 Å². The van der Waals surface area contributed by atoms with Crippen LogP contribution in [0.25, 0.3) is 11.3 Å². The standard InChI is InChI=1S/C26H28F3N3O3S/c1-2-32-24(35-22-11-9-20(10-12-22)26(27,28)29)16-23(30-32)19-7-4-8-21(15-19)25(13-14-25)31-36(33,34)17-18-5-3-6-18/h4,7-12,15-16,18,31H,2-3,5-6,13-14,17H2,1H3. The molecule has 2 aliphatic carbocycles. The Labute approximate surface area is 208 Å². The molecule has 0 atom stereocenters.